The third kappa shape index (κ3) is 5.28. The number of ether oxygens (including phenoxy) is 2. The topological polar surface area (TPSA) is 102 Å². The SMILES string of the molecule is CCC(O)Cn1cc(-c2ccc3cnc(Nc4ccc(C(=O)N5CC(OC)C5)cc4OC)cc3c2)cn1. The third-order valence-electron chi connectivity index (χ3n) is 6.74. The van der Waals surface area contributed by atoms with Gasteiger partial charge < -0.3 is 24.8 Å². The van der Waals surface area contributed by atoms with Crippen molar-refractivity contribution in [2.75, 3.05) is 32.6 Å². The highest BCUT2D eigenvalue weighted by atomic mass is 16.5. The molecule has 4 aromatic rings. The van der Waals surface area contributed by atoms with Crippen LogP contribution in [0.3, 0.4) is 0 Å². The van der Waals surface area contributed by atoms with Gasteiger partial charge in [0.25, 0.3) is 5.91 Å². The molecule has 9 nitrogen and oxygen atoms in total. The van der Waals surface area contributed by atoms with Gasteiger partial charge in [0.15, 0.2) is 0 Å². The van der Waals surface area contributed by atoms with E-state index in [4.69, 9.17) is 9.47 Å². The van der Waals surface area contributed by atoms with Gasteiger partial charge in [-0.1, -0.05) is 19.1 Å². The van der Waals surface area contributed by atoms with Crippen LogP contribution in [0.15, 0.2) is 61.1 Å². The maximum absolute atomic E-state index is 12.8. The Hall–Kier alpha value is -3.95. The first-order valence-electron chi connectivity index (χ1n) is 12.3. The van der Waals surface area contributed by atoms with Crippen LogP contribution in [0.5, 0.6) is 5.75 Å². The summed E-state index contributed by atoms with van der Waals surface area (Å²) < 4.78 is 12.6. The van der Waals surface area contributed by atoms with Crippen molar-refractivity contribution in [1.82, 2.24) is 19.7 Å². The molecule has 1 fully saturated rings. The quantitative estimate of drug-likeness (QED) is 0.356. The summed E-state index contributed by atoms with van der Waals surface area (Å²) in [6.45, 7) is 3.62. The Balaban J connectivity index is 1.35. The summed E-state index contributed by atoms with van der Waals surface area (Å²) >= 11 is 0. The number of carbonyl (C=O) groups excluding carboxylic acids is 1. The summed E-state index contributed by atoms with van der Waals surface area (Å²) in [5, 5.41) is 19.7. The second-order valence-corrected chi connectivity index (χ2v) is 9.25. The van der Waals surface area contributed by atoms with Gasteiger partial charge in [-0.15, -0.1) is 0 Å². The number of fused-ring (bicyclic) bond motifs is 1. The molecule has 1 saturated heterocycles. The van der Waals surface area contributed by atoms with E-state index in [9.17, 15) is 9.90 Å². The van der Waals surface area contributed by atoms with Crippen LogP contribution < -0.4 is 10.1 Å². The number of benzene rings is 2. The van der Waals surface area contributed by atoms with Crippen LogP contribution in [-0.2, 0) is 11.3 Å². The lowest BCUT2D eigenvalue weighted by molar-refractivity contribution is -0.0192. The molecule has 0 bridgehead atoms. The van der Waals surface area contributed by atoms with Crippen molar-refractivity contribution in [2.45, 2.75) is 32.1 Å². The number of carbonyl (C=O) groups is 1. The smallest absolute Gasteiger partial charge is 0.254 e. The number of likely N-dealkylation sites (tertiary alicyclic amines) is 1. The first-order chi connectivity index (χ1) is 18.0. The summed E-state index contributed by atoms with van der Waals surface area (Å²) in [6, 6.07) is 13.5. The zero-order valence-corrected chi connectivity index (χ0v) is 21.2. The Morgan fingerprint density at radius 3 is 2.70 bits per heavy atom. The Kier molecular flexibility index (Phi) is 7.07. The summed E-state index contributed by atoms with van der Waals surface area (Å²) in [6.07, 6.45) is 5.97. The molecule has 2 aromatic heterocycles. The normalized spacial score (nSPS) is 14.4. The highest BCUT2D eigenvalue weighted by molar-refractivity contribution is 5.96. The monoisotopic (exact) mass is 501 g/mol. The van der Waals surface area contributed by atoms with Crippen LogP contribution >= 0.6 is 0 Å². The lowest BCUT2D eigenvalue weighted by Crippen LogP contribution is -2.54. The zero-order valence-electron chi connectivity index (χ0n) is 21.2. The van der Waals surface area contributed by atoms with Crippen molar-refractivity contribution in [1.29, 1.82) is 0 Å². The van der Waals surface area contributed by atoms with E-state index < -0.39 is 6.10 Å². The van der Waals surface area contributed by atoms with Gasteiger partial charge in [-0.2, -0.15) is 5.10 Å². The number of hydrogen-bond donors (Lipinski definition) is 2. The molecule has 37 heavy (non-hydrogen) atoms. The predicted octanol–water partition coefficient (Wildman–Crippen LogP) is 4.09. The van der Waals surface area contributed by atoms with Crippen molar-refractivity contribution in [2.24, 2.45) is 0 Å². The minimum Gasteiger partial charge on any atom is -0.495 e. The van der Waals surface area contributed by atoms with E-state index in [1.807, 2.05) is 49.8 Å². The van der Waals surface area contributed by atoms with Crippen molar-refractivity contribution < 1.29 is 19.4 Å². The van der Waals surface area contributed by atoms with Crippen molar-refractivity contribution in [3.63, 3.8) is 0 Å². The number of aliphatic hydroxyl groups excluding tert-OH is 1. The maximum atomic E-state index is 12.8. The molecular weight excluding hydrogens is 470 g/mol. The van der Waals surface area contributed by atoms with Crippen LogP contribution in [0.4, 0.5) is 11.5 Å². The lowest BCUT2D eigenvalue weighted by atomic mass is 10.0. The molecular formula is C28H31N5O4. The number of nitrogens with zero attached hydrogens (tertiary/aromatic N) is 4. The predicted molar refractivity (Wildman–Crippen MR) is 142 cm³/mol. The fourth-order valence-corrected chi connectivity index (χ4v) is 4.35. The Labute approximate surface area is 215 Å². The van der Waals surface area contributed by atoms with Gasteiger partial charge in [-0.25, -0.2) is 4.98 Å². The van der Waals surface area contributed by atoms with Gasteiger partial charge >= 0.3 is 0 Å². The van der Waals surface area contributed by atoms with Gasteiger partial charge in [0.05, 0.1) is 37.7 Å². The molecule has 2 aromatic carbocycles. The number of nitrogens with one attached hydrogen (secondary N) is 1. The van der Waals surface area contributed by atoms with Crippen LogP contribution in [-0.4, -0.2) is 70.2 Å². The third-order valence-corrected chi connectivity index (χ3v) is 6.74. The number of aliphatic hydroxyl groups is 1. The fraction of sp³-hybridized carbons (Fsp3) is 0.321. The van der Waals surface area contributed by atoms with Crippen molar-refractivity contribution >= 4 is 28.2 Å². The summed E-state index contributed by atoms with van der Waals surface area (Å²) in [7, 11) is 3.24. The standard InChI is InChI=1S/C28H31N5O4/c1-4-23(34)15-33-14-22(13-30-33)18-5-6-20-12-29-27(11-21(20)9-18)31-25-8-7-19(10-26(25)37-3)28(35)32-16-24(17-32)36-2/h5-14,23-24,34H,4,15-17H2,1-3H3,(H,29,31). The number of pyridine rings is 1. The molecule has 0 saturated carbocycles. The van der Waals surface area contributed by atoms with Crippen LogP contribution in [0.1, 0.15) is 23.7 Å². The van der Waals surface area contributed by atoms with Crippen LogP contribution in [0, 0.1) is 0 Å². The average Bonchev–Trinajstić information content (AvgIpc) is 3.36. The Bertz CT molecular complexity index is 1410. The number of amides is 1. The van der Waals surface area contributed by atoms with Crippen LogP contribution in [0.25, 0.3) is 21.9 Å². The summed E-state index contributed by atoms with van der Waals surface area (Å²) in [5.74, 6) is 1.18. The fourth-order valence-electron chi connectivity index (χ4n) is 4.35. The van der Waals surface area contributed by atoms with Crippen LogP contribution in [0.2, 0.25) is 0 Å². The molecule has 5 rings (SSSR count). The molecule has 1 aliphatic rings. The van der Waals surface area contributed by atoms with Crippen molar-refractivity contribution in [3.8, 4) is 16.9 Å². The second-order valence-electron chi connectivity index (χ2n) is 9.25. The molecule has 1 aliphatic heterocycles. The molecule has 3 heterocycles. The number of rotatable bonds is 9. The first kappa shape index (κ1) is 24.7. The van der Waals surface area contributed by atoms with Gasteiger partial charge in [0, 0.05) is 49.1 Å². The molecule has 0 spiro atoms. The van der Waals surface area contributed by atoms with E-state index in [1.165, 1.54) is 0 Å². The Morgan fingerprint density at radius 1 is 1.11 bits per heavy atom. The summed E-state index contributed by atoms with van der Waals surface area (Å²) in [5.41, 5.74) is 3.30. The van der Waals surface area contributed by atoms with Gasteiger partial charge in [-0.3, -0.25) is 9.48 Å². The highest BCUT2D eigenvalue weighted by Crippen LogP contribution is 2.31. The van der Waals surface area contributed by atoms with Gasteiger partial charge in [-0.05, 0) is 47.7 Å². The summed E-state index contributed by atoms with van der Waals surface area (Å²) in [4.78, 5) is 19.1. The van der Waals surface area contributed by atoms with Gasteiger partial charge in [0.2, 0.25) is 0 Å². The molecule has 1 atom stereocenters. The number of hydrogen-bond acceptors (Lipinski definition) is 7. The number of aromatic nitrogens is 3. The van der Waals surface area contributed by atoms with E-state index in [1.54, 1.807) is 35.9 Å². The minimum absolute atomic E-state index is 0.0398. The molecule has 1 unspecified atom stereocenters. The minimum atomic E-state index is -0.410. The van der Waals surface area contributed by atoms with E-state index in [0.29, 0.717) is 43.2 Å². The first-order valence-corrected chi connectivity index (χ1v) is 12.3. The van der Waals surface area contributed by atoms with E-state index in [0.717, 1.165) is 27.6 Å². The van der Waals surface area contributed by atoms with Gasteiger partial charge in [0.1, 0.15) is 11.6 Å². The molecule has 9 heteroatoms. The van der Waals surface area contributed by atoms with E-state index >= 15 is 0 Å². The molecule has 1 amide bonds. The van der Waals surface area contributed by atoms with E-state index in [-0.39, 0.29) is 12.0 Å². The zero-order chi connectivity index (χ0) is 25.9. The average molecular weight is 502 g/mol. The molecule has 0 radical (unpaired) electrons. The lowest BCUT2D eigenvalue weighted by Gasteiger charge is -2.38. The molecule has 2 N–H and O–H groups in total. The Morgan fingerprint density at radius 2 is 1.95 bits per heavy atom. The molecule has 192 valence electrons. The van der Waals surface area contributed by atoms with Crippen molar-refractivity contribution in [3.05, 3.63) is 66.6 Å². The maximum Gasteiger partial charge on any atom is 0.254 e. The highest BCUT2D eigenvalue weighted by Gasteiger charge is 2.31. The van der Waals surface area contributed by atoms with E-state index in [2.05, 4.69) is 21.5 Å². The largest absolute Gasteiger partial charge is 0.495 e. The number of anilines is 2. The second kappa shape index (κ2) is 10.6. The molecule has 0 aliphatic carbocycles. The number of methoxy groups -OCH3 is 2.